The Morgan fingerprint density at radius 2 is 1.85 bits per heavy atom. The fourth-order valence-corrected chi connectivity index (χ4v) is 4.53. The molecule has 3 aliphatic carbocycles. The van der Waals surface area contributed by atoms with Crippen LogP contribution in [0, 0.1) is 23.7 Å². The van der Waals surface area contributed by atoms with Crippen molar-refractivity contribution in [3.8, 4) is 0 Å². The maximum absolute atomic E-state index is 12.4. The van der Waals surface area contributed by atoms with Gasteiger partial charge in [0.25, 0.3) is 0 Å². The molecule has 2 N–H and O–H groups in total. The number of nitrogens with one attached hydrogen (secondary N) is 1. The van der Waals surface area contributed by atoms with Crippen molar-refractivity contribution in [1.82, 2.24) is 5.32 Å². The van der Waals surface area contributed by atoms with Crippen molar-refractivity contribution >= 4 is 23.2 Å². The van der Waals surface area contributed by atoms with E-state index < -0.39 is 11.9 Å². The molecule has 20 heavy (non-hydrogen) atoms. The van der Waals surface area contributed by atoms with Crippen molar-refractivity contribution in [2.45, 2.75) is 32.2 Å². The zero-order valence-corrected chi connectivity index (χ0v) is 12.1. The van der Waals surface area contributed by atoms with E-state index in [9.17, 15) is 14.7 Å². The first-order valence-electron chi connectivity index (χ1n) is 7.19. The van der Waals surface area contributed by atoms with E-state index in [-0.39, 0.29) is 23.7 Å². The van der Waals surface area contributed by atoms with Crippen LogP contribution in [0.15, 0.2) is 17.5 Å². The normalized spacial score (nSPS) is 32.0. The third-order valence-electron chi connectivity index (χ3n) is 4.82. The number of carbonyl (C=O) groups is 2. The van der Waals surface area contributed by atoms with Gasteiger partial charge in [0.1, 0.15) is 0 Å². The molecule has 1 amide bonds. The van der Waals surface area contributed by atoms with Crippen molar-refractivity contribution in [3.63, 3.8) is 0 Å². The Kier molecular flexibility index (Phi) is 3.78. The molecule has 4 nitrogen and oxygen atoms in total. The first kappa shape index (κ1) is 13.6. The van der Waals surface area contributed by atoms with E-state index in [1.54, 1.807) is 11.3 Å². The lowest BCUT2D eigenvalue weighted by molar-refractivity contribution is -0.158. The maximum Gasteiger partial charge on any atom is 0.307 e. The van der Waals surface area contributed by atoms with Crippen LogP contribution in [-0.4, -0.2) is 17.0 Å². The van der Waals surface area contributed by atoms with Gasteiger partial charge in [-0.25, -0.2) is 0 Å². The lowest BCUT2D eigenvalue weighted by Gasteiger charge is -2.45. The number of carboxylic acid groups (broad SMARTS) is 1. The van der Waals surface area contributed by atoms with E-state index >= 15 is 0 Å². The minimum atomic E-state index is -0.796. The summed E-state index contributed by atoms with van der Waals surface area (Å²) in [5.41, 5.74) is 0. The van der Waals surface area contributed by atoms with Gasteiger partial charge in [0.2, 0.25) is 5.91 Å². The van der Waals surface area contributed by atoms with Crippen LogP contribution < -0.4 is 5.32 Å². The SMILES string of the molecule is O=C(O)[C@@H]1C2CCC(CC2)[C@H]1C(=O)NCc1cccs1. The average Bonchev–Trinajstić information content (AvgIpc) is 2.98. The first-order valence-corrected chi connectivity index (χ1v) is 8.07. The van der Waals surface area contributed by atoms with Crippen LogP contribution in [0.25, 0.3) is 0 Å². The zero-order chi connectivity index (χ0) is 14.1. The summed E-state index contributed by atoms with van der Waals surface area (Å²) >= 11 is 1.60. The highest BCUT2D eigenvalue weighted by Crippen LogP contribution is 2.49. The highest BCUT2D eigenvalue weighted by molar-refractivity contribution is 7.09. The number of hydrogen-bond acceptors (Lipinski definition) is 3. The van der Waals surface area contributed by atoms with Gasteiger partial charge in [-0.2, -0.15) is 0 Å². The van der Waals surface area contributed by atoms with Gasteiger partial charge in [0.15, 0.2) is 0 Å². The fraction of sp³-hybridized carbons (Fsp3) is 0.600. The van der Waals surface area contributed by atoms with E-state index in [1.165, 1.54) is 0 Å². The minimum Gasteiger partial charge on any atom is -0.481 e. The van der Waals surface area contributed by atoms with Gasteiger partial charge in [-0.1, -0.05) is 6.07 Å². The molecule has 0 unspecified atom stereocenters. The summed E-state index contributed by atoms with van der Waals surface area (Å²) in [5.74, 6) is -1.24. The van der Waals surface area contributed by atoms with Gasteiger partial charge in [0, 0.05) is 4.88 Å². The van der Waals surface area contributed by atoms with Crippen LogP contribution >= 0.6 is 11.3 Å². The summed E-state index contributed by atoms with van der Waals surface area (Å²) < 4.78 is 0. The van der Waals surface area contributed by atoms with E-state index in [4.69, 9.17) is 0 Å². The zero-order valence-electron chi connectivity index (χ0n) is 11.2. The monoisotopic (exact) mass is 293 g/mol. The number of carbonyl (C=O) groups excluding carboxylic acids is 1. The lowest BCUT2D eigenvalue weighted by Crippen LogP contribution is -2.50. The summed E-state index contributed by atoms with van der Waals surface area (Å²) in [5, 5.41) is 14.4. The van der Waals surface area contributed by atoms with Crippen molar-refractivity contribution in [1.29, 1.82) is 0 Å². The third-order valence-corrected chi connectivity index (χ3v) is 5.70. The number of amides is 1. The molecule has 3 saturated carbocycles. The van der Waals surface area contributed by atoms with Crippen molar-refractivity contribution in [3.05, 3.63) is 22.4 Å². The van der Waals surface area contributed by atoms with Crippen molar-refractivity contribution in [2.24, 2.45) is 23.7 Å². The Morgan fingerprint density at radius 1 is 1.20 bits per heavy atom. The summed E-state index contributed by atoms with van der Waals surface area (Å²) in [6.07, 6.45) is 3.95. The molecule has 1 heterocycles. The number of hydrogen-bond donors (Lipinski definition) is 2. The highest BCUT2D eigenvalue weighted by Gasteiger charge is 2.50. The Labute approximate surface area is 122 Å². The van der Waals surface area contributed by atoms with Crippen LogP contribution in [0.3, 0.4) is 0 Å². The maximum atomic E-state index is 12.4. The van der Waals surface area contributed by atoms with Crippen LogP contribution in [0.4, 0.5) is 0 Å². The van der Waals surface area contributed by atoms with E-state index in [2.05, 4.69) is 5.32 Å². The molecule has 0 saturated heterocycles. The van der Waals surface area contributed by atoms with E-state index in [1.807, 2.05) is 17.5 Å². The molecule has 108 valence electrons. The molecular weight excluding hydrogens is 274 g/mol. The predicted molar refractivity (Wildman–Crippen MR) is 76.2 cm³/mol. The molecule has 3 aliphatic rings. The van der Waals surface area contributed by atoms with E-state index in [0.717, 1.165) is 30.6 Å². The Hall–Kier alpha value is -1.36. The summed E-state index contributed by atoms with van der Waals surface area (Å²) in [4.78, 5) is 25.0. The van der Waals surface area contributed by atoms with Crippen LogP contribution in [0.5, 0.6) is 0 Å². The summed E-state index contributed by atoms with van der Waals surface area (Å²) in [6, 6.07) is 3.93. The second kappa shape index (κ2) is 5.56. The van der Waals surface area contributed by atoms with Crippen molar-refractivity contribution < 1.29 is 14.7 Å². The number of rotatable bonds is 4. The quantitative estimate of drug-likeness (QED) is 0.896. The Morgan fingerprint density at radius 3 is 2.40 bits per heavy atom. The number of carboxylic acids is 1. The van der Waals surface area contributed by atoms with Crippen LogP contribution in [0.1, 0.15) is 30.6 Å². The second-order valence-electron chi connectivity index (χ2n) is 5.86. The molecule has 4 rings (SSSR count). The molecule has 0 spiro atoms. The molecule has 3 fully saturated rings. The van der Waals surface area contributed by atoms with Gasteiger partial charge < -0.3 is 10.4 Å². The first-order chi connectivity index (χ1) is 9.66. The van der Waals surface area contributed by atoms with Crippen molar-refractivity contribution in [2.75, 3.05) is 0 Å². The Bertz CT molecular complexity index is 491. The minimum absolute atomic E-state index is 0.0693. The highest BCUT2D eigenvalue weighted by atomic mass is 32.1. The van der Waals surface area contributed by atoms with Crippen LogP contribution in [-0.2, 0) is 16.1 Å². The average molecular weight is 293 g/mol. The molecule has 5 heteroatoms. The van der Waals surface area contributed by atoms with Gasteiger partial charge in [-0.3, -0.25) is 9.59 Å². The smallest absolute Gasteiger partial charge is 0.307 e. The molecular formula is C15H19NO3S. The standard InChI is InChI=1S/C15H19NO3S/c17-14(16-8-11-2-1-7-20-11)12-9-3-5-10(6-4-9)13(12)15(18)19/h1-2,7,9-10,12-13H,3-6,8H2,(H,16,17)(H,18,19)/t9?,10?,12-,13-/m1/s1. The van der Waals surface area contributed by atoms with Gasteiger partial charge in [-0.05, 0) is 49.0 Å². The molecule has 0 aliphatic heterocycles. The van der Waals surface area contributed by atoms with Gasteiger partial charge >= 0.3 is 5.97 Å². The van der Waals surface area contributed by atoms with Gasteiger partial charge in [-0.15, -0.1) is 11.3 Å². The molecule has 2 bridgehead atoms. The van der Waals surface area contributed by atoms with Gasteiger partial charge in [0.05, 0.1) is 18.4 Å². The molecule has 0 aromatic carbocycles. The lowest BCUT2D eigenvalue weighted by atomic mass is 9.58. The van der Waals surface area contributed by atoms with E-state index in [0.29, 0.717) is 6.54 Å². The molecule has 2 atom stereocenters. The topological polar surface area (TPSA) is 66.4 Å². The Balaban J connectivity index is 1.70. The largest absolute Gasteiger partial charge is 0.481 e. The predicted octanol–water partition coefficient (Wildman–Crippen LogP) is 2.50. The molecule has 0 radical (unpaired) electrons. The second-order valence-corrected chi connectivity index (χ2v) is 6.89. The number of fused-ring (bicyclic) bond motifs is 3. The molecule has 1 aromatic rings. The third kappa shape index (κ3) is 2.46. The summed E-state index contributed by atoms with van der Waals surface area (Å²) in [7, 11) is 0. The number of thiophene rings is 1. The summed E-state index contributed by atoms with van der Waals surface area (Å²) in [6.45, 7) is 0.511. The molecule has 1 aromatic heterocycles. The van der Waals surface area contributed by atoms with Crippen LogP contribution in [0.2, 0.25) is 0 Å². The number of aliphatic carboxylic acids is 1. The fourth-order valence-electron chi connectivity index (χ4n) is 3.89.